The Hall–Kier alpha value is -1.68. The Morgan fingerprint density at radius 3 is 2.86 bits per heavy atom. The lowest BCUT2D eigenvalue weighted by molar-refractivity contribution is 0.102. The lowest BCUT2D eigenvalue weighted by Gasteiger charge is -2.42. The van der Waals surface area contributed by atoms with E-state index < -0.39 is 0 Å². The quantitative estimate of drug-likeness (QED) is 0.882. The smallest absolute Gasteiger partial charge is 0.149 e. The molecule has 0 unspecified atom stereocenters. The van der Waals surface area contributed by atoms with E-state index in [0.29, 0.717) is 5.52 Å². The van der Waals surface area contributed by atoms with Gasteiger partial charge in [0.2, 0.25) is 0 Å². The molecular formula is C17H21FN2O. The first-order valence-electron chi connectivity index (χ1n) is 7.54. The number of aliphatic hydroxyl groups is 1. The average molecular weight is 288 g/mol. The minimum atomic E-state index is -0.284. The van der Waals surface area contributed by atoms with Crippen molar-refractivity contribution in [2.24, 2.45) is 5.41 Å². The molecule has 1 saturated carbocycles. The molecule has 1 aromatic carbocycles. The zero-order valence-corrected chi connectivity index (χ0v) is 12.3. The molecule has 21 heavy (non-hydrogen) atoms. The van der Waals surface area contributed by atoms with Crippen LogP contribution in [-0.2, 0) is 0 Å². The molecule has 1 heterocycles. The largest absolute Gasteiger partial charge is 0.396 e. The maximum absolute atomic E-state index is 13.9. The van der Waals surface area contributed by atoms with Gasteiger partial charge in [-0.25, -0.2) is 9.37 Å². The highest BCUT2D eigenvalue weighted by molar-refractivity contribution is 5.91. The molecule has 0 amide bonds. The summed E-state index contributed by atoms with van der Waals surface area (Å²) in [7, 11) is 0. The van der Waals surface area contributed by atoms with Crippen molar-refractivity contribution in [1.82, 2.24) is 4.98 Å². The van der Waals surface area contributed by atoms with Crippen LogP contribution < -0.4 is 5.32 Å². The number of hydrogen-bond acceptors (Lipinski definition) is 3. The highest BCUT2D eigenvalue weighted by Gasteiger charge is 2.36. The molecule has 1 aromatic heterocycles. The van der Waals surface area contributed by atoms with Crippen LogP contribution in [0.2, 0.25) is 0 Å². The molecule has 4 heteroatoms. The number of aryl methyl sites for hydroxylation is 1. The van der Waals surface area contributed by atoms with Crippen molar-refractivity contribution >= 4 is 16.6 Å². The Kier molecular flexibility index (Phi) is 3.81. The molecule has 112 valence electrons. The summed E-state index contributed by atoms with van der Waals surface area (Å²) in [5.74, 6) is -0.284. The first-order chi connectivity index (χ1) is 10.1. The average Bonchev–Trinajstić information content (AvgIpc) is 2.42. The molecule has 0 atom stereocenters. The van der Waals surface area contributed by atoms with Crippen LogP contribution in [-0.4, -0.2) is 23.2 Å². The number of aliphatic hydroxyl groups excluding tert-OH is 1. The van der Waals surface area contributed by atoms with Gasteiger partial charge in [0.05, 0.1) is 0 Å². The summed E-state index contributed by atoms with van der Waals surface area (Å²) in [6, 6.07) is 7.02. The zero-order valence-electron chi connectivity index (χ0n) is 12.3. The van der Waals surface area contributed by atoms with Crippen molar-refractivity contribution in [1.29, 1.82) is 0 Å². The minimum Gasteiger partial charge on any atom is -0.396 e. The van der Waals surface area contributed by atoms with Gasteiger partial charge in [-0.3, -0.25) is 0 Å². The van der Waals surface area contributed by atoms with Gasteiger partial charge >= 0.3 is 0 Å². The second-order valence-electron chi connectivity index (χ2n) is 6.13. The summed E-state index contributed by atoms with van der Waals surface area (Å²) in [5.41, 5.74) is 2.36. The Morgan fingerprint density at radius 1 is 1.38 bits per heavy atom. The number of para-hydroxylation sites is 1. The summed E-state index contributed by atoms with van der Waals surface area (Å²) in [6.07, 6.45) is 4.36. The van der Waals surface area contributed by atoms with E-state index >= 15 is 0 Å². The van der Waals surface area contributed by atoms with Crippen molar-refractivity contribution in [2.45, 2.75) is 32.6 Å². The molecule has 1 fully saturated rings. The van der Waals surface area contributed by atoms with Gasteiger partial charge in [-0.2, -0.15) is 0 Å². The van der Waals surface area contributed by atoms with Crippen LogP contribution >= 0.6 is 0 Å². The Balaban J connectivity index is 1.88. The van der Waals surface area contributed by atoms with E-state index in [-0.39, 0.29) is 17.8 Å². The predicted molar refractivity (Wildman–Crippen MR) is 82.9 cm³/mol. The van der Waals surface area contributed by atoms with Crippen molar-refractivity contribution in [3.8, 4) is 0 Å². The number of nitrogens with zero attached hydrogens (tertiary/aromatic N) is 1. The summed E-state index contributed by atoms with van der Waals surface area (Å²) >= 11 is 0. The number of pyridine rings is 1. The number of nitrogens with one attached hydrogen (secondary N) is 1. The van der Waals surface area contributed by atoms with Crippen LogP contribution in [0.5, 0.6) is 0 Å². The fourth-order valence-corrected chi connectivity index (χ4v) is 3.20. The highest BCUT2D eigenvalue weighted by atomic mass is 19.1. The number of fused-ring (bicyclic) bond motifs is 1. The Labute approximate surface area is 124 Å². The van der Waals surface area contributed by atoms with E-state index in [2.05, 4.69) is 10.3 Å². The van der Waals surface area contributed by atoms with E-state index in [4.69, 9.17) is 0 Å². The third kappa shape index (κ3) is 2.72. The maximum atomic E-state index is 13.9. The van der Waals surface area contributed by atoms with Gasteiger partial charge in [0, 0.05) is 29.9 Å². The number of halogens is 1. The topological polar surface area (TPSA) is 45.1 Å². The minimum absolute atomic E-state index is 0.200. The fraction of sp³-hybridized carbons (Fsp3) is 0.471. The van der Waals surface area contributed by atoms with Gasteiger partial charge in [0.25, 0.3) is 0 Å². The van der Waals surface area contributed by atoms with Crippen molar-refractivity contribution < 1.29 is 9.50 Å². The molecule has 0 aliphatic heterocycles. The summed E-state index contributed by atoms with van der Waals surface area (Å²) in [5, 5.41) is 13.5. The van der Waals surface area contributed by atoms with Crippen molar-refractivity contribution in [2.75, 3.05) is 18.5 Å². The van der Waals surface area contributed by atoms with Gasteiger partial charge in [0.15, 0.2) is 0 Å². The van der Waals surface area contributed by atoms with Crippen LogP contribution in [0.4, 0.5) is 10.1 Å². The third-order valence-electron chi connectivity index (χ3n) is 4.63. The van der Waals surface area contributed by atoms with E-state index in [1.807, 2.05) is 19.1 Å². The van der Waals surface area contributed by atoms with Crippen molar-refractivity contribution in [3.63, 3.8) is 0 Å². The number of aromatic nitrogens is 1. The van der Waals surface area contributed by atoms with Gasteiger partial charge in [0.1, 0.15) is 11.3 Å². The second kappa shape index (κ2) is 5.60. The fourth-order valence-electron chi connectivity index (χ4n) is 3.20. The first kappa shape index (κ1) is 14.3. The number of rotatable bonds is 5. The van der Waals surface area contributed by atoms with Crippen molar-refractivity contribution in [3.05, 3.63) is 35.8 Å². The lowest BCUT2D eigenvalue weighted by atomic mass is 9.66. The SMILES string of the molecule is Cc1cc(NCC2(CCO)CCC2)c2cccc(F)c2n1. The van der Waals surface area contributed by atoms with Crippen LogP contribution in [0, 0.1) is 18.2 Å². The number of hydrogen-bond donors (Lipinski definition) is 2. The predicted octanol–water partition coefficient (Wildman–Crippen LogP) is 3.65. The van der Waals surface area contributed by atoms with E-state index in [0.717, 1.165) is 42.6 Å². The number of benzene rings is 1. The zero-order chi connectivity index (χ0) is 14.9. The Morgan fingerprint density at radius 2 is 2.19 bits per heavy atom. The van der Waals surface area contributed by atoms with Gasteiger partial charge in [-0.05, 0) is 43.7 Å². The molecule has 0 spiro atoms. The molecule has 0 bridgehead atoms. The van der Waals surface area contributed by atoms with Gasteiger partial charge in [-0.15, -0.1) is 0 Å². The standard InChI is InChI=1S/C17H21FN2O/c1-12-10-15(13-4-2-5-14(18)16(13)20-12)19-11-17(8-9-21)6-3-7-17/h2,4-5,10,21H,3,6-9,11H2,1H3,(H,19,20). The molecule has 1 aliphatic rings. The monoisotopic (exact) mass is 288 g/mol. The molecule has 3 rings (SSSR count). The molecule has 0 saturated heterocycles. The molecule has 2 aromatic rings. The number of anilines is 1. The summed E-state index contributed by atoms with van der Waals surface area (Å²) in [6.45, 7) is 2.93. The second-order valence-corrected chi connectivity index (χ2v) is 6.13. The molecule has 3 nitrogen and oxygen atoms in total. The highest BCUT2D eigenvalue weighted by Crippen LogP contribution is 2.44. The third-order valence-corrected chi connectivity index (χ3v) is 4.63. The summed E-state index contributed by atoms with van der Waals surface area (Å²) < 4.78 is 13.9. The van der Waals surface area contributed by atoms with Crippen LogP contribution in [0.15, 0.2) is 24.3 Å². The summed E-state index contributed by atoms with van der Waals surface area (Å²) in [4.78, 5) is 4.30. The molecule has 0 radical (unpaired) electrons. The van der Waals surface area contributed by atoms with Gasteiger partial charge in [-0.1, -0.05) is 18.6 Å². The lowest BCUT2D eigenvalue weighted by Crippen LogP contribution is -2.37. The maximum Gasteiger partial charge on any atom is 0.149 e. The van der Waals surface area contributed by atoms with Crippen LogP contribution in [0.25, 0.3) is 10.9 Å². The molecular weight excluding hydrogens is 267 g/mol. The molecule has 1 aliphatic carbocycles. The van der Waals surface area contributed by atoms with Crippen LogP contribution in [0.3, 0.4) is 0 Å². The van der Waals surface area contributed by atoms with E-state index in [1.165, 1.54) is 12.5 Å². The molecule has 2 N–H and O–H groups in total. The van der Waals surface area contributed by atoms with Crippen LogP contribution in [0.1, 0.15) is 31.4 Å². The normalized spacial score (nSPS) is 16.7. The Bertz CT molecular complexity index is 653. The van der Waals surface area contributed by atoms with E-state index in [9.17, 15) is 9.50 Å². The first-order valence-corrected chi connectivity index (χ1v) is 7.54. The van der Waals surface area contributed by atoms with Gasteiger partial charge < -0.3 is 10.4 Å². The van der Waals surface area contributed by atoms with E-state index in [1.54, 1.807) is 6.07 Å².